The molecule has 30 heavy (non-hydrogen) atoms. The van der Waals surface area contributed by atoms with E-state index < -0.39 is 23.8 Å². The first kappa shape index (κ1) is 20.1. The highest BCUT2D eigenvalue weighted by molar-refractivity contribution is 6.04. The van der Waals surface area contributed by atoms with Crippen molar-refractivity contribution in [3.8, 4) is 0 Å². The average Bonchev–Trinajstić information content (AvgIpc) is 3.07. The van der Waals surface area contributed by atoms with E-state index in [1.165, 1.54) is 22.7 Å². The van der Waals surface area contributed by atoms with Crippen LogP contribution in [0.1, 0.15) is 35.1 Å². The zero-order valence-electron chi connectivity index (χ0n) is 16.5. The van der Waals surface area contributed by atoms with Crippen LogP contribution < -0.4 is 15.5 Å². The number of alkyl halides is 2. The van der Waals surface area contributed by atoms with Crippen molar-refractivity contribution in [3.63, 3.8) is 0 Å². The zero-order valence-corrected chi connectivity index (χ0v) is 16.5. The molecule has 0 spiro atoms. The number of rotatable bonds is 4. The molecule has 1 aliphatic heterocycles. The molecule has 158 valence electrons. The number of amides is 1. The molecule has 1 saturated heterocycles. The first-order chi connectivity index (χ1) is 14.3. The summed E-state index contributed by atoms with van der Waals surface area (Å²) in [5.41, 5.74) is 0.493. The lowest BCUT2D eigenvalue weighted by Gasteiger charge is -2.33. The van der Waals surface area contributed by atoms with Gasteiger partial charge in [-0.05, 0) is 32.0 Å². The maximum absolute atomic E-state index is 14.7. The number of carbonyl (C=O) groups is 1. The van der Waals surface area contributed by atoms with Crippen LogP contribution in [0.25, 0.3) is 5.65 Å². The highest BCUT2D eigenvalue weighted by Crippen LogP contribution is 2.25. The van der Waals surface area contributed by atoms with E-state index in [1.807, 2.05) is 11.8 Å². The summed E-state index contributed by atoms with van der Waals surface area (Å²) >= 11 is 0. The van der Waals surface area contributed by atoms with Crippen LogP contribution >= 0.6 is 0 Å². The molecule has 10 heteroatoms. The van der Waals surface area contributed by atoms with Crippen molar-refractivity contribution in [1.29, 1.82) is 0 Å². The topological polar surface area (TPSA) is 74.6 Å². The average molecular weight is 418 g/mol. The molecule has 0 saturated carbocycles. The van der Waals surface area contributed by atoms with Crippen LogP contribution in [0, 0.1) is 12.7 Å². The number of aromatic nitrogens is 3. The van der Waals surface area contributed by atoms with E-state index in [0.29, 0.717) is 11.4 Å². The molecule has 1 atom stereocenters. The fourth-order valence-electron chi connectivity index (χ4n) is 3.59. The minimum Gasteiger partial charge on any atom is -0.369 e. The van der Waals surface area contributed by atoms with Crippen LogP contribution in [0.3, 0.4) is 0 Å². The molecule has 0 unspecified atom stereocenters. The summed E-state index contributed by atoms with van der Waals surface area (Å²) in [6.45, 7) is 5.97. The van der Waals surface area contributed by atoms with Gasteiger partial charge in [-0.15, -0.1) is 0 Å². The third kappa shape index (κ3) is 3.95. The largest absolute Gasteiger partial charge is 0.369 e. The smallest absolute Gasteiger partial charge is 0.284 e. The Kier molecular flexibility index (Phi) is 5.33. The van der Waals surface area contributed by atoms with Crippen LogP contribution in [-0.2, 0) is 0 Å². The van der Waals surface area contributed by atoms with Gasteiger partial charge in [0.15, 0.2) is 11.3 Å². The predicted molar refractivity (Wildman–Crippen MR) is 107 cm³/mol. The van der Waals surface area contributed by atoms with Crippen LogP contribution in [-0.4, -0.2) is 46.0 Å². The Hall–Kier alpha value is -3.14. The molecule has 4 rings (SSSR count). The molecule has 7 nitrogen and oxygen atoms in total. The van der Waals surface area contributed by atoms with Gasteiger partial charge in [-0.3, -0.25) is 4.79 Å². The second kappa shape index (κ2) is 7.94. The van der Waals surface area contributed by atoms with E-state index in [4.69, 9.17) is 0 Å². The number of aryl methyl sites for hydroxylation is 1. The predicted octanol–water partition coefficient (Wildman–Crippen LogP) is 3.16. The monoisotopic (exact) mass is 418 g/mol. The fourth-order valence-corrected chi connectivity index (χ4v) is 3.59. The molecule has 3 aromatic rings. The molecule has 1 aromatic carbocycles. The second-order valence-corrected chi connectivity index (χ2v) is 7.34. The Bertz CT molecular complexity index is 1100. The van der Waals surface area contributed by atoms with Crippen LogP contribution in [0.4, 0.5) is 24.7 Å². The summed E-state index contributed by atoms with van der Waals surface area (Å²) in [6, 6.07) is 4.66. The van der Waals surface area contributed by atoms with Gasteiger partial charge >= 0.3 is 0 Å². The summed E-state index contributed by atoms with van der Waals surface area (Å²) in [5, 5.41) is 5.72. The summed E-state index contributed by atoms with van der Waals surface area (Å²) in [6.07, 6.45) is 0.0409. The second-order valence-electron chi connectivity index (χ2n) is 7.34. The van der Waals surface area contributed by atoms with Gasteiger partial charge in [0.25, 0.3) is 12.3 Å². The SMILES string of the molecule is Cc1cn2cc(NC(=O)c3ccc(N4CCN[C@H](C)C4)cc3F)nc(C(F)F)c2n1. The normalized spacial score (nSPS) is 17.0. The molecule has 3 heterocycles. The van der Waals surface area contributed by atoms with Gasteiger partial charge in [0.05, 0.1) is 17.5 Å². The van der Waals surface area contributed by atoms with E-state index in [0.717, 1.165) is 19.6 Å². The molecule has 0 aliphatic carbocycles. The lowest BCUT2D eigenvalue weighted by Crippen LogP contribution is -2.49. The number of imidazole rings is 1. The Morgan fingerprint density at radius 2 is 2.10 bits per heavy atom. The minimum atomic E-state index is -2.87. The third-order valence-corrected chi connectivity index (χ3v) is 4.96. The summed E-state index contributed by atoms with van der Waals surface area (Å²) in [7, 11) is 0. The standard InChI is InChI=1S/C20H21F3N6O/c1-11-8-28(6-5-24-11)13-3-4-14(15(21)7-13)20(30)27-16-10-29-9-12(2)25-19(29)17(26-16)18(22)23/h3-4,7,9-11,18,24H,5-6,8H2,1-2H3,(H,27,30)/t11-/m1/s1. The number of anilines is 2. The van der Waals surface area contributed by atoms with Gasteiger partial charge in [0, 0.05) is 37.6 Å². The van der Waals surface area contributed by atoms with Crippen molar-refractivity contribution in [1.82, 2.24) is 19.7 Å². The molecular weight excluding hydrogens is 397 g/mol. The first-order valence-corrected chi connectivity index (χ1v) is 9.55. The van der Waals surface area contributed by atoms with Gasteiger partial charge in [-0.25, -0.2) is 23.1 Å². The number of carbonyl (C=O) groups excluding carboxylic acids is 1. The van der Waals surface area contributed by atoms with Crippen LogP contribution in [0.15, 0.2) is 30.6 Å². The van der Waals surface area contributed by atoms with Crippen molar-refractivity contribution in [2.75, 3.05) is 29.9 Å². The molecule has 2 aromatic heterocycles. The maximum Gasteiger partial charge on any atom is 0.284 e. The highest BCUT2D eigenvalue weighted by atomic mass is 19.3. The first-order valence-electron chi connectivity index (χ1n) is 9.55. The maximum atomic E-state index is 14.7. The fraction of sp³-hybridized carbons (Fsp3) is 0.350. The van der Waals surface area contributed by atoms with Crippen LogP contribution in [0.2, 0.25) is 0 Å². The Morgan fingerprint density at radius 3 is 2.80 bits per heavy atom. The van der Waals surface area contributed by atoms with Crippen molar-refractivity contribution < 1.29 is 18.0 Å². The van der Waals surface area contributed by atoms with Gasteiger partial charge < -0.3 is 19.9 Å². The number of hydrogen-bond acceptors (Lipinski definition) is 5. The Balaban J connectivity index is 1.58. The molecule has 2 N–H and O–H groups in total. The number of nitrogens with one attached hydrogen (secondary N) is 2. The number of nitrogens with zero attached hydrogens (tertiary/aromatic N) is 4. The van der Waals surface area contributed by atoms with E-state index >= 15 is 0 Å². The Morgan fingerprint density at radius 1 is 1.30 bits per heavy atom. The number of piperazine rings is 1. The summed E-state index contributed by atoms with van der Waals surface area (Å²) < 4.78 is 42.7. The summed E-state index contributed by atoms with van der Waals surface area (Å²) in [4.78, 5) is 22.4. The molecule has 1 aliphatic rings. The molecule has 1 fully saturated rings. The van der Waals surface area contributed by atoms with E-state index in [9.17, 15) is 18.0 Å². The molecule has 0 radical (unpaired) electrons. The zero-order chi connectivity index (χ0) is 21.4. The van der Waals surface area contributed by atoms with Crippen molar-refractivity contribution in [2.24, 2.45) is 0 Å². The number of benzene rings is 1. The van der Waals surface area contributed by atoms with E-state index in [1.54, 1.807) is 19.2 Å². The quantitative estimate of drug-likeness (QED) is 0.681. The van der Waals surface area contributed by atoms with Gasteiger partial charge in [0.1, 0.15) is 11.6 Å². The van der Waals surface area contributed by atoms with Crippen molar-refractivity contribution in [2.45, 2.75) is 26.3 Å². The minimum absolute atomic E-state index is 0.0151. The lowest BCUT2D eigenvalue weighted by atomic mass is 10.1. The third-order valence-electron chi connectivity index (χ3n) is 4.96. The van der Waals surface area contributed by atoms with Crippen molar-refractivity contribution in [3.05, 3.63) is 53.4 Å². The molecular formula is C20H21F3N6O. The number of halogens is 3. The van der Waals surface area contributed by atoms with E-state index in [2.05, 4.69) is 20.6 Å². The van der Waals surface area contributed by atoms with E-state index in [-0.39, 0.29) is 23.1 Å². The van der Waals surface area contributed by atoms with Crippen molar-refractivity contribution >= 4 is 23.1 Å². The highest BCUT2D eigenvalue weighted by Gasteiger charge is 2.21. The number of fused-ring (bicyclic) bond motifs is 1. The molecule has 1 amide bonds. The lowest BCUT2D eigenvalue weighted by molar-refractivity contribution is 0.102. The Labute approximate surface area is 170 Å². The van der Waals surface area contributed by atoms with Crippen LogP contribution in [0.5, 0.6) is 0 Å². The van der Waals surface area contributed by atoms with Gasteiger partial charge in [-0.2, -0.15) is 0 Å². The number of hydrogen-bond donors (Lipinski definition) is 2. The van der Waals surface area contributed by atoms with Gasteiger partial charge in [0.2, 0.25) is 0 Å². The summed E-state index contributed by atoms with van der Waals surface area (Å²) in [5.74, 6) is -1.57. The van der Waals surface area contributed by atoms with Gasteiger partial charge in [-0.1, -0.05) is 0 Å². The molecule has 0 bridgehead atoms.